The van der Waals surface area contributed by atoms with Crippen LogP contribution in [0.3, 0.4) is 0 Å². The first-order chi connectivity index (χ1) is 9.43. The Labute approximate surface area is 120 Å². The molecule has 0 atom stereocenters. The second-order valence-electron chi connectivity index (χ2n) is 4.74. The summed E-state index contributed by atoms with van der Waals surface area (Å²) in [6.07, 6.45) is 0.801. The molecule has 0 radical (unpaired) electrons. The normalized spacial score (nSPS) is 11.5. The van der Waals surface area contributed by atoms with Crippen LogP contribution in [0.1, 0.15) is 31.4 Å². The van der Waals surface area contributed by atoms with Gasteiger partial charge in [0.25, 0.3) is 0 Å². The van der Waals surface area contributed by atoms with Crippen LogP contribution in [-0.2, 0) is 20.5 Å². The molecule has 0 aliphatic carbocycles. The number of hydrogen-bond acceptors (Lipinski definition) is 4. The van der Waals surface area contributed by atoms with Crippen molar-refractivity contribution >= 4 is 10.0 Å². The van der Waals surface area contributed by atoms with Crippen LogP contribution >= 0.6 is 0 Å². The molecule has 5 nitrogen and oxygen atoms in total. The van der Waals surface area contributed by atoms with Crippen LogP contribution in [0.2, 0.25) is 0 Å². The van der Waals surface area contributed by atoms with Crippen LogP contribution in [0.15, 0.2) is 24.3 Å². The Morgan fingerprint density at radius 3 is 2.50 bits per heavy atom. The molecule has 0 unspecified atom stereocenters. The van der Waals surface area contributed by atoms with Crippen LogP contribution in [0.5, 0.6) is 0 Å². The number of sulfonamides is 1. The molecule has 6 heteroatoms. The zero-order chi connectivity index (χ0) is 15.0. The van der Waals surface area contributed by atoms with E-state index in [4.69, 9.17) is 10.00 Å². The van der Waals surface area contributed by atoms with Gasteiger partial charge in [-0.2, -0.15) is 5.26 Å². The minimum Gasteiger partial charge on any atom is -0.379 e. The largest absolute Gasteiger partial charge is 0.379 e. The van der Waals surface area contributed by atoms with Crippen LogP contribution < -0.4 is 4.72 Å². The van der Waals surface area contributed by atoms with Gasteiger partial charge in [-0.15, -0.1) is 0 Å². The summed E-state index contributed by atoms with van der Waals surface area (Å²) in [5, 5.41) is 8.67. The zero-order valence-corrected chi connectivity index (χ0v) is 12.6. The van der Waals surface area contributed by atoms with Gasteiger partial charge in [0, 0.05) is 13.2 Å². The van der Waals surface area contributed by atoms with Gasteiger partial charge >= 0.3 is 0 Å². The van der Waals surface area contributed by atoms with E-state index in [1.807, 2.05) is 19.9 Å². The van der Waals surface area contributed by atoms with Gasteiger partial charge in [0.2, 0.25) is 10.0 Å². The molecular weight excluding hydrogens is 276 g/mol. The van der Waals surface area contributed by atoms with Crippen LogP contribution in [-0.4, -0.2) is 27.7 Å². The topological polar surface area (TPSA) is 79.2 Å². The van der Waals surface area contributed by atoms with Gasteiger partial charge in [-0.05, 0) is 38.0 Å². The van der Waals surface area contributed by atoms with Crippen molar-refractivity contribution in [3.63, 3.8) is 0 Å². The van der Waals surface area contributed by atoms with E-state index >= 15 is 0 Å². The first kappa shape index (κ1) is 16.6. The fourth-order valence-corrected chi connectivity index (χ4v) is 2.75. The van der Waals surface area contributed by atoms with Crippen molar-refractivity contribution in [1.29, 1.82) is 5.26 Å². The molecule has 0 fully saturated rings. The minimum absolute atomic E-state index is 0.0796. The monoisotopic (exact) mass is 296 g/mol. The molecule has 0 heterocycles. The summed E-state index contributed by atoms with van der Waals surface area (Å²) < 4.78 is 31.5. The van der Waals surface area contributed by atoms with Crippen molar-refractivity contribution in [3.8, 4) is 6.07 Å². The molecule has 0 bridgehead atoms. The zero-order valence-electron chi connectivity index (χ0n) is 11.8. The molecule has 0 saturated heterocycles. The highest BCUT2D eigenvalue weighted by atomic mass is 32.2. The second kappa shape index (κ2) is 8.00. The van der Waals surface area contributed by atoms with Gasteiger partial charge in [0.15, 0.2) is 0 Å². The van der Waals surface area contributed by atoms with Crippen LogP contribution in [0.4, 0.5) is 0 Å². The maximum atomic E-state index is 11.8. The first-order valence-electron chi connectivity index (χ1n) is 6.51. The number of nitrogens with one attached hydrogen (secondary N) is 1. The fourth-order valence-electron chi connectivity index (χ4n) is 1.56. The molecule has 0 aliphatic rings. The van der Waals surface area contributed by atoms with Crippen molar-refractivity contribution < 1.29 is 13.2 Å². The van der Waals surface area contributed by atoms with Crippen molar-refractivity contribution in [2.24, 2.45) is 0 Å². The third-order valence-corrected chi connectivity index (χ3v) is 3.89. The van der Waals surface area contributed by atoms with Crippen LogP contribution in [0.25, 0.3) is 0 Å². The highest BCUT2D eigenvalue weighted by molar-refractivity contribution is 7.88. The van der Waals surface area contributed by atoms with E-state index in [0.717, 1.165) is 0 Å². The summed E-state index contributed by atoms with van der Waals surface area (Å²) >= 11 is 0. The molecule has 1 aromatic rings. The van der Waals surface area contributed by atoms with Crippen molar-refractivity contribution in [1.82, 2.24) is 4.72 Å². The Hall–Kier alpha value is -1.42. The summed E-state index contributed by atoms with van der Waals surface area (Å²) in [5.74, 6) is -0.0796. The van der Waals surface area contributed by atoms with Gasteiger partial charge in [-0.3, -0.25) is 0 Å². The van der Waals surface area contributed by atoms with E-state index in [0.29, 0.717) is 30.7 Å². The number of benzene rings is 1. The second-order valence-corrected chi connectivity index (χ2v) is 6.54. The molecule has 0 aromatic heterocycles. The first-order valence-corrected chi connectivity index (χ1v) is 8.16. The number of hydrogen-bond donors (Lipinski definition) is 1. The summed E-state index contributed by atoms with van der Waals surface area (Å²) in [6, 6.07) is 8.53. The molecule has 110 valence electrons. The van der Waals surface area contributed by atoms with Gasteiger partial charge in [0.05, 0.1) is 23.5 Å². The van der Waals surface area contributed by atoms with E-state index in [1.54, 1.807) is 24.3 Å². The number of nitriles is 1. The van der Waals surface area contributed by atoms with E-state index < -0.39 is 10.0 Å². The molecular formula is C14H20N2O3S. The van der Waals surface area contributed by atoms with Gasteiger partial charge in [0.1, 0.15) is 0 Å². The molecule has 1 N–H and O–H groups in total. The predicted molar refractivity (Wildman–Crippen MR) is 77.5 cm³/mol. The Bertz CT molecular complexity index is 545. The average Bonchev–Trinajstić information content (AvgIpc) is 2.38. The van der Waals surface area contributed by atoms with Crippen molar-refractivity contribution in [2.45, 2.75) is 32.1 Å². The van der Waals surface area contributed by atoms with Gasteiger partial charge in [-0.25, -0.2) is 13.1 Å². The van der Waals surface area contributed by atoms with Crippen LogP contribution in [0, 0.1) is 11.3 Å². The molecule has 0 spiro atoms. The average molecular weight is 296 g/mol. The van der Waals surface area contributed by atoms with Gasteiger partial charge in [-0.1, -0.05) is 12.1 Å². The predicted octanol–water partition coefficient (Wildman–Crippen LogP) is 1.79. The quantitative estimate of drug-likeness (QED) is 0.742. The summed E-state index contributed by atoms with van der Waals surface area (Å²) in [4.78, 5) is 0. The number of ether oxygens (including phenoxy) is 1. The molecule has 0 saturated carbocycles. The minimum atomic E-state index is -3.34. The highest BCUT2D eigenvalue weighted by Crippen LogP contribution is 2.07. The molecule has 1 aromatic carbocycles. The lowest BCUT2D eigenvalue weighted by Crippen LogP contribution is -2.27. The molecule has 0 amide bonds. The van der Waals surface area contributed by atoms with Crippen molar-refractivity contribution in [2.75, 3.05) is 13.2 Å². The van der Waals surface area contributed by atoms with E-state index in [1.165, 1.54) is 0 Å². The van der Waals surface area contributed by atoms with Crippen molar-refractivity contribution in [3.05, 3.63) is 35.4 Å². The van der Waals surface area contributed by atoms with E-state index in [-0.39, 0.29) is 11.9 Å². The highest BCUT2D eigenvalue weighted by Gasteiger charge is 2.10. The smallest absolute Gasteiger partial charge is 0.215 e. The maximum Gasteiger partial charge on any atom is 0.215 e. The summed E-state index contributed by atoms with van der Waals surface area (Å²) in [7, 11) is -3.34. The number of rotatable bonds is 8. The van der Waals surface area contributed by atoms with E-state index in [9.17, 15) is 8.42 Å². The lowest BCUT2D eigenvalue weighted by atomic mass is 10.2. The van der Waals surface area contributed by atoms with E-state index in [2.05, 4.69) is 4.72 Å². The SMILES string of the molecule is CC(C)OCCCNS(=O)(=O)Cc1ccc(C#N)cc1. The third kappa shape index (κ3) is 6.66. The third-order valence-electron chi connectivity index (χ3n) is 2.53. The molecule has 20 heavy (non-hydrogen) atoms. The standard InChI is InChI=1S/C14H20N2O3S/c1-12(2)19-9-3-8-16-20(17,18)11-14-6-4-13(10-15)5-7-14/h4-7,12,16H,3,8-9,11H2,1-2H3. The molecule has 0 aliphatic heterocycles. The molecule has 1 rings (SSSR count). The summed E-state index contributed by atoms with van der Waals surface area (Å²) in [5.41, 5.74) is 1.18. The number of nitrogens with zero attached hydrogens (tertiary/aromatic N) is 1. The summed E-state index contributed by atoms with van der Waals surface area (Å²) in [6.45, 7) is 4.78. The Kier molecular flexibility index (Phi) is 6.65. The Balaban J connectivity index is 2.39. The van der Waals surface area contributed by atoms with Gasteiger partial charge < -0.3 is 4.74 Å². The fraction of sp³-hybridized carbons (Fsp3) is 0.500. The Morgan fingerprint density at radius 1 is 1.30 bits per heavy atom. The lowest BCUT2D eigenvalue weighted by Gasteiger charge is -2.09. The Morgan fingerprint density at radius 2 is 1.95 bits per heavy atom. The lowest BCUT2D eigenvalue weighted by molar-refractivity contribution is 0.0778. The maximum absolute atomic E-state index is 11.8.